The van der Waals surface area contributed by atoms with E-state index in [1.54, 1.807) is 36.5 Å². The smallest absolute Gasteiger partial charge is 0.326 e. The number of benzene rings is 2. The van der Waals surface area contributed by atoms with E-state index in [-0.39, 0.29) is 12.4 Å². The Balaban J connectivity index is 1.35. The van der Waals surface area contributed by atoms with Crippen molar-refractivity contribution in [3.05, 3.63) is 72.4 Å². The summed E-state index contributed by atoms with van der Waals surface area (Å²) >= 11 is 0. The zero-order valence-electron chi connectivity index (χ0n) is 17.5. The normalized spacial score (nSPS) is 11.6. The van der Waals surface area contributed by atoms with Crippen molar-refractivity contribution in [2.45, 2.75) is 18.9 Å². The molecule has 10 heteroatoms. The molecule has 10 nitrogen and oxygen atoms in total. The van der Waals surface area contributed by atoms with Gasteiger partial charge >= 0.3 is 12.0 Å². The van der Waals surface area contributed by atoms with Crippen LogP contribution in [-0.4, -0.2) is 38.1 Å². The monoisotopic (exact) mass is 446 g/mol. The Kier molecular flexibility index (Phi) is 6.35. The molecular weight excluding hydrogens is 424 g/mol. The number of hydrogen-bond acceptors (Lipinski definition) is 6. The number of hydrogen-bond donors (Lipinski definition) is 5. The molecule has 4 aromatic rings. The van der Waals surface area contributed by atoms with E-state index in [0.29, 0.717) is 34.8 Å². The molecule has 33 heavy (non-hydrogen) atoms. The molecule has 0 fully saturated rings. The lowest BCUT2D eigenvalue weighted by Crippen LogP contribution is -2.43. The van der Waals surface area contributed by atoms with Gasteiger partial charge in [0.15, 0.2) is 0 Å². The number of anilines is 2. The molecule has 0 radical (unpaired) electrons. The third-order valence-electron chi connectivity index (χ3n) is 4.89. The Morgan fingerprint density at radius 1 is 1.06 bits per heavy atom. The summed E-state index contributed by atoms with van der Waals surface area (Å²) in [6.07, 6.45) is 2.52. The number of urea groups is 1. The van der Waals surface area contributed by atoms with Crippen LogP contribution in [0, 0.1) is 0 Å². The highest BCUT2D eigenvalue weighted by molar-refractivity contribution is 5.92. The summed E-state index contributed by atoms with van der Waals surface area (Å²) < 4.78 is 5.80. The fourth-order valence-corrected chi connectivity index (χ4v) is 3.26. The molecule has 4 rings (SSSR count). The number of carboxylic acid groups (broad SMARTS) is 1. The van der Waals surface area contributed by atoms with Gasteiger partial charge in [0, 0.05) is 11.9 Å². The van der Waals surface area contributed by atoms with Crippen LogP contribution in [0.15, 0.2) is 66.9 Å². The topological polar surface area (TPSA) is 155 Å². The SMILES string of the molecule is Nc1nc(Oc2ccc(NC(=O)NC(CCc3ccccc3)C(=O)O)cc2)c2cc[nH]c2n1. The molecule has 0 aliphatic heterocycles. The first kappa shape index (κ1) is 21.6. The molecule has 2 aromatic carbocycles. The molecule has 168 valence electrons. The van der Waals surface area contributed by atoms with Crippen molar-refractivity contribution in [2.75, 3.05) is 11.1 Å². The number of carbonyl (C=O) groups excluding carboxylic acids is 1. The van der Waals surface area contributed by atoms with Gasteiger partial charge in [-0.25, -0.2) is 9.59 Å². The van der Waals surface area contributed by atoms with Crippen LogP contribution in [0.4, 0.5) is 16.4 Å². The van der Waals surface area contributed by atoms with Gasteiger partial charge in [0.2, 0.25) is 11.8 Å². The minimum absolute atomic E-state index is 0.0788. The Hall–Kier alpha value is -4.60. The highest BCUT2D eigenvalue weighted by Gasteiger charge is 2.20. The van der Waals surface area contributed by atoms with Gasteiger partial charge in [-0.15, -0.1) is 0 Å². The lowest BCUT2D eigenvalue weighted by molar-refractivity contribution is -0.139. The van der Waals surface area contributed by atoms with Gasteiger partial charge in [0.1, 0.15) is 17.4 Å². The Morgan fingerprint density at radius 2 is 1.82 bits per heavy atom. The zero-order chi connectivity index (χ0) is 23.2. The number of fused-ring (bicyclic) bond motifs is 1. The lowest BCUT2D eigenvalue weighted by Gasteiger charge is -2.15. The molecule has 0 bridgehead atoms. The largest absolute Gasteiger partial charge is 0.480 e. The van der Waals surface area contributed by atoms with E-state index >= 15 is 0 Å². The first-order chi connectivity index (χ1) is 16.0. The maximum Gasteiger partial charge on any atom is 0.326 e. The second-order valence-corrected chi connectivity index (χ2v) is 7.27. The summed E-state index contributed by atoms with van der Waals surface area (Å²) in [6.45, 7) is 0. The molecular formula is C23H22N6O4. The quantitative estimate of drug-likeness (QED) is 0.277. The predicted octanol–water partition coefficient (Wildman–Crippen LogP) is 3.54. The number of nitrogens with zero attached hydrogens (tertiary/aromatic N) is 2. The number of aryl methyl sites for hydroxylation is 1. The highest BCUT2D eigenvalue weighted by Crippen LogP contribution is 2.28. The Bertz CT molecular complexity index is 1260. The van der Waals surface area contributed by atoms with E-state index in [1.165, 1.54) is 0 Å². The average Bonchev–Trinajstić information content (AvgIpc) is 3.27. The van der Waals surface area contributed by atoms with Crippen molar-refractivity contribution in [1.82, 2.24) is 20.3 Å². The summed E-state index contributed by atoms with van der Waals surface area (Å²) in [5.74, 6) is -0.229. The van der Waals surface area contributed by atoms with Crippen LogP contribution >= 0.6 is 0 Å². The van der Waals surface area contributed by atoms with Crippen molar-refractivity contribution in [3.63, 3.8) is 0 Å². The third kappa shape index (κ3) is 5.56. The van der Waals surface area contributed by atoms with Crippen LogP contribution in [0.5, 0.6) is 11.6 Å². The lowest BCUT2D eigenvalue weighted by atomic mass is 10.1. The van der Waals surface area contributed by atoms with Gasteiger partial charge in [-0.3, -0.25) is 0 Å². The number of rotatable bonds is 8. The van der Waals surface area contributed by atoms with Crippen LogP contribution in [0.1, 0.15) is 12.0 Å². The average molecular weight is 446 g/mol. The number of aromatic nitrogens is 3. The molecule has 6 N–H and O–H groups in total. The highest BCUT2D eigenvalue weighted by atomic mass is 16.5. The molecule has 0 saturated carbocycles. The van der Waals surface area contributed by atoms with E-state index in [0.717, 1.165) is 5.56 Å². The molecule has 0 saturated heterocycles. The van der Waals surface area contributed by atoms with Crippen LogP contribution in [-0.2, 0) is 11.2 Å². The van der Waals surface area contributed by atoms with Crippen LogP contribution in [0.2, 0.25) is 0 Å². The zero-order valence-corrected chi connectivity index (χ0v) is 17.5. The number of nitrogens with two attached hydrogens (primary N) is 1. The van der Waals surface area contributed by atoms with E-state index in [4.69, 9.17) is 10.5 Å². The third-order valence-corrected chi connectivity index (χ3v) is 4.89. The number of amides is 2. The van der Waals surface area contributed by atoms with Crippen LogP contribution < -0.4 is 21.1 Å². The number of nitrogen functional groups attached to an aromatic ring is 1. The number of carbonyl (C=O) groups is 2. The first-order valence-corrected chi connectivity index (χ1v) is 10.2. The van der Waals surface area contributed by atoms with E-state index < -0.39 is 18.0 Å². The summed E-state index contributed by atoms with van der Waals surface area (Å²) in [5.41, 5.74) is 7.75. The van der Waals surface area contributed by atoms with Gasteiger partial charge in [-0.05, 0) is 48.7 Å². The summed E-state index contributed by atoms with van der Waals surface area (Å²) in [7, 11) is 0. The molecule has 1 unspecified atom stereocenters. The van der Waals surface area contributed by atoms with Crippen LogP contribution in [0.3, 0.4) is 0 Å². The number of H-pyrrole nitrogens is 1. The molecule has 0 aliphatic rings. The van der Waals surface area contributed by atoms with Crippen molar-refractivity contribution in [2.24, 2.45) is 0 Å². The van der Waals surface area contributed by atoms with Crippen molar-refractivity contribution < 1.29 is 19.4 Å². The fourth-order valence-electron chi connectivity index (χ4n) is 3.26. The summed E-state index contributed by atoms with van der Waals surface area (Å²) in [5, 5.41) is 15.3. The molecule has 2 aromatic heterocycles. The summed E-state index contributed by atoms with van der Waals surface area (Å²) in [4.78, 5) is 35.0. The number of carboxylic acids is 1. The first-order valence-electron chi connectivity index (χ1n) is 10.2. The predicted molar refractivity (Wildman–Crippen MR) is 123 cm³/mol. The molecule has 2 amide bonds. The fraction of sp³-hybridized carbons (Fsp3) is 0.130. The van der Waals surface area contributed by atoms with E-state index in [2.05, 4.69) is 25.6 Å². The number of aliphatic carboxylic acids is 1. The second kappa shape index (κ2) is 9.69. The van der Waals surface area contributed by atoms with Gasteiger partial charge in [-0.2, -0.15) is 9.97 Å². The number of ether oxygens (including phenoxy) is 1. The molecule has 2 heterocycles. The van der Waals surface area contributed by atoms with Gasteiger partial charge in [-0.1, -0.05) is 30.3 Å². The molecule has 0 spiro atoms. The second-order valence-electron chi connectivity index (χ2n) is 7.27. The van der Waals surface area contributed by atoms with Gasteiger partial charge in [0.25, 0.3) is 0 Å². The maximum atomic E-state index is 12.3. The van der Waals surface area contributed by atoms with Gasteiger partial charge < -0.3 is 31.2 Å². The standard InChI is InChI=1S/C23H22N6O4/c24-22-28-19-17(12-13-25-19)20(29-22)33-16-9-7-15(8-10-16)26-23(32)27-18(21(30)31)11-6-14-4-2-1-3-5-14/h1-5,7-10,12-13,18H,6,11H2,(H,30,31)(H2,26,27,32)(H3,24,25,28,29). The maximum absolute atomic E-state index is 12.3. The Labute approximate surface area is 188 Å². The van der Waals surface area contributed by atoms with Crippen molar-refractivity contribution in [3.8, 4) is 11.6 Å². The minimum atomic E-state index is -1.09. The summed E-state index contributed by atoms with van der Waals surface area (Å²) in [6, 6.07) is 16.2. The number of nitrogens with one attached hydrogen (secondary N) is 3. The van der Waals surface area contributed by atoms with Gasteiger partial charge in [0.05, 0.1) is 5.39 Å². The van der Waals surface area contributed by atoms with Crippen molar-refractivity contribution >= 4 is 34.7 Å². The minimum Gasteiger partial charge on any atom is -0.480 e. The van der Waals surface area contributed by atoms with Crippen LogP contribution in [0.25, 0.3) is 11.0 Å². The molecule has 0 aliphatic carbocycles. The Morgan fingerprint density at radius 3 is 2.55 bits per heavy atom. The van der Waals surface area contributed by atoms with Crippen molar-refractivity contribution in [1.29, 1.82) is 0 Å². The number of aromatic amines is 1. The van der Waals surface area contributed by atoms with E-state index in [1.807, 2.05) is 30.3 Å². The molecule has 1 atom stereocenters. The van der Waals surface area contributed by atoms with E-state index in [9.17, 15) is 14.7 Å².